The highest BCUT2D eigenvalue weighted by atomic mass is 19.1. The quantitative estimate of drug-likeness (QED) is 0.850. The van der Waals surface area contributed by atoms with Crippen LogP contribution in [0, 0.1) is 17.2 Å². The first-order valence-corrected chi connectivity index (χ1v) is 8.75. The molecule has 3 nitrogen and oxygen atoms in total. The molecule has 0 unspecified atom stereocenters. The molecule has 1 spiro atoms. The van der Waals surface area contributed by atoms with E-state index in [4.69, 9.17) is 0 Å². The lowest BCUT2D eigenvalue weighted by Gasteiger charge is -2.39. The molecule has 0 N–H and O–H groups in total. The number of amides is 1. The molecule has 1 aromatic rings. The molecule has 2 aliphatic rings. The molecule has 126 valence electrons. The Morgan fingerprint density at radius 2 is 1.91 bits per heavy atom. The minimum absolute atomic E-state index is 0.173. The zero-order chi connectivity index (χ0) is 16.4. The summed E-state index contributed by atoms with van der Waals surface area (Å²) >= 11 is 0. The van der Waals surface area contributed by atoms with Crippen molar-refractivity contribution in [2.75, 3.05) is 26.2 Å². The summed E-state index contributed by atoms with van der Waals surface area (Å²) in [5, 5.41) is 0. The average Bonchev–Trinajstić information content (AvgIpc) is 2.89. The molecule has 1 aromatic carbocycles. The summed E-state index contributed by atoms with van der Waals surface area (Å²) in [4.78, 5) is 17.5. The second kappa shape index (κ2) is 6.60. The van der Waals surface area contributed by atoms with Gasteiger partial charge in [0.1, 0.15) is 5.82 Å². The van der Waals surface area contributed by atoms with Gasteiger partial charge >= 0.3 is 0 Å². The molecule has 2 heterocycles. The summed E-state index contributed by atoms with van der Waals surface area (Å²) in [5.41, 5.74) is 0.835. The molecule has 3 rings (SSSR count). The summed E-state index contributed by atoms with van der Waals surface area (Å²) in [6.07, 6.45) is 3.07. The number of likely N-dealkylation sites (tertiary alicyclic amines) is 2. The summed E-state index contributed by atoms with van der Waals surface area (Å²) in [6.45, 7) is 8.90. The molecular formula is C19H27FN2O. The van der Waals surface area contributed by atoms with Gasteiger partial charge in [-0.15, -0.1) is 0 Å². The maximum absolute atomic E-state index is 13.1. The summed E-state index contributed by atoms with van der Waals surface area (Å²) in [5.74, 6) is 0.716. The Hall–Kier alpha value is -1.42. The van der Waals surface area contributed by atoms with E-state index < -0.39 is 0 Å². The van der Waals surface area contributed by atoms with Crippen LogP contribution in [0.25, 0.3) is 0 Å². The summed E-state index contributed by atoms with van der Waals surface area (Å²) < 4.78 is 13.0. The van der Waals surface area contributed by atoms with Crippen molar-refractivity contribution in [2.45, 2.75) is 39.7 Å². The predicted octanol–water partition coefficient (Wildman–Crippen LogP) is 3.30. The number of piperidine rings is 1. The Morgan fingerprint density at radius 3 is 2.61 bits per heavy atom. The number of hydrogen-bond acceptors (Lipinski definition) is 2. The third kappa shape index (κ3) is 3.57. The maximum Gasteiger partial charge on any atom is 0.230 e. The molecule has 0 aromatic heterocycles. The molecule has 23 heavy (non-hydrogen) atoms. The van der Waals surface area contributed by atoms with E-state index in [1.54, 1.807) is 12.1 Å². The highest BCUT2D eigenvalue weighted by Gasteiger charge is 2.48. The maximum atomic E-state index is 13.1. The molecule has 2 saturated heterocycles. The fourth-order valence-electron chi connectivity index (χ4n) is 4.12. The fraction of sp³-hybridized carbons (Fsp3) is 0.632. The number of rotatable bonds is 4. The van der Waals surface area contributed by atoms with Gasteiger partial charge in [0.25, 0.3) is 0 Å². The highest BCUT2D eigenvalue weighted by molar-refractivity contribution is 5.84. The second-order valence-corrected chi connectivity index (χ2v) is 7.62. The molecule has 0 bridgehead atoms. The van der Waals surface area contributed by atoms with Gasteiger partial charge in [-0.1, -0.05) is 26.0 Å². The van der Waals surface area contributed by atoms with E-state index in [0.29, 0.717) is 18.4 Å². The molecule has 0 aliphatic carbocycles. The largest absolute Gasteiger partial charge is 0.338 e. The second-order valence-electron chi connectivity index (χ2n) is 7.62. The molecule has 1 atom stereocenters. The minimum atomic E-state index is -0.227. The first-order valence-electron chi connectivity index (χ1n) is 8.75. The van der Waals surface area contributed by atoms with Gasteiger partial charge in [-0.05, 0) is 49.4 Å². The van der Waals surface area contributed by atoms with E-state index >= 15 is 0 Å². The average molecular weight is 318 g/mol. The van der Waals surface area contributed by atoms with Crippen molar-refractivity contribution in [1.82, 2.24) is 9.80 Å². The van der Waals surface area contributed by atoms with Crippen molar-refractivity contribution in [3.8, 4) is 0 Å². The standard InChI is InChI=1S/C19H27FN2O/c1-15(2)12-21-11-9-19(14-21)8-3-10-22(18(19)23)13-16-4-6-17(20)7-5-16/h4-7,15H,3,8-14H2,1-2H3/t19-/m1/s1. The Balaban J connectivity index is 1.68. The van der Waals surface area contributed by atoms with Crippen LogP contribution in [0.2, 0.25) is 0 Å². The fourth-order valence-corrected chi connectivity index (χ4v) is 4.12. The van der Waals surface area contributed by atoms with Crippen molar-refractivity contribution in [2.24, 2.45) is 11.3 Å². The Bertz CT molecular complexity index is 557. The van der Waals surface area contributed by atoms with E-state index in [2.05, 4.69) is 18.7 Å². The van der Waals surface area contributed by atoms with E-state index in [-0.39, 0.29) is 11.2 Å². The number of benzene rings is 1. The summed E-state index contributed by atoms with van der Waals surface area (Å²) in [6, 6.07) is 6.51. The van der Waals surface area contributed by atoms with Gasteiger partial charge < -0.3 is 9.80 Å². The number of hydrogen-bond donors (Lipinski definition) is 0. The van der Waals surface area contributed by atoms with Gasteiger partial charge in [0.15, 0.2) is 0 Å². The molecule has 4 heteroatoms. The van der Waals surface area contributed by atoms with Crippen LogP contribution in [0.5, 0.6) is 0 Å². The lowest BCUT2D eigenvalue weighted by molar-refractivity contribution is -0.146. The number of carbonyl (C=O) groups excluding carboxylic acids is 1. The van der Waals surface area contributed by atoms with Gasteiger partial charge in [-0.3, -0.25) is 4.79 Å². The minimum Gasteiger partial charge on any atom is -0.338 e. The van der Waals surface area contributed by atoms with Gasteiger partial charge in [0, 0.05) is 26.2 Å². The molecule has 1 amide bonds. The number of halogens is 1. The monoisotopic (exact) mass is 318 g/mol. The van der Waals surface area contributed by atoms with E-state index in [1.807, 2.05) is 4.90 Å². The van der Waals surface area contributed by atoms with Gasteiger partial charge in [-0.2, -0.15) is 0 Å². The summed E-state index contributed by atoms with van der Waals surface area (Å²) in [7, 11) is 0. The highest BCUT2D eigenvalue weighted by Crippen LogP contribution is 2.40. The van der Waals surface area contributed by atoms with Crippen LogP contribution in [-0.2, 0) is 11.3 Å². The van der Waals surface area contributed by atoms with Gasteiger partial charge in [-0.25, -0.2) is 4.39 Å². The van der Waals surface area contributed by atoms with E-state index in [0.717, 1.165) is 51.0 Å². The van der Waals surface area contributed by atoms with Gasteiger partial charge in [0.2, 0.25) is 5.91 Å². The van der Waals surface area contributed by atoms with E-state index in [9.17, 15) is 9.18 Å². The molecular weight excluding hydrogens is 291 g/mol. The van der Waals surface area contributed by atoms with Crippen molar-refractivity contribution >= 4 is 5.91 Å². The van der Waals surface area contributed by atoms with Crippen LogP contribution in [0.1, 0.15) is 38.7 Å². The molecule has 2 aliphatic heterocycles. The van der Waals surface area contributed by atoms with Crippen LogP contribution >= 0.6 is 0 Å². The number of nitrogens with zero attached hydrogens (tertiary/aromatic N) is 2. The first-order chi connectivity index (χ1) is 11.0. The number of carbonyl (C=O) groups is 1. The lowest BCUT2D eigenvalue weighted by atomic mass is 9.78. The molecule has 0 radical (unpaired) electrons. The molecule has 2 fully saturated rings. The van der Waals surface area contributed by atoms with Crippen LogP contribution in [0.15, 0.2) is 24.3 Å². The third-order valence-electron chi connectivity index (χ3n) is 5.17. The molecule has 0 saturated carbocycles. The predicted molar refractivity (Wildman–Crippen MR) is 89.4 cm³/mol. The smallest absolute Gasteiger partial charge is 0.230 e. The van der Waals surface area contributed by atoms with Crippen molar-refractivity contribution in [3.63, 3.8) is 0 Å². The zero-order valence-electron chi connectivity index (χ0n) is 14.2. The third-order valence-corrected chi connectivity index (χ3v) is 5.17. The normalized spacial score (nSPS) is 25.7. The Kier molecular flexibility index (Phi) is 4.72. The topological polar surface area (TPSA) is 23.6 Å². The van der Waals surface area contributed by atoms with E-state index in [1.165, 1.54) is 12.1 Å². The lowest BCUT2D eigenvalue weighted by Crippen LogP contribution is -2.49. The Morgan fingerprint density at radius 1 is 1.17 bits per heavy atom. The van der Waals surface area contributed by atoms with Crippen LogP contribution in [-0.4, -0.2) is 41.9 Å². The zero-order valence-corrected chi connectivity index (χ0v) is 14.2. The SMILES string of the molecule is CC(C)CN1CC[C@]2(CCCN(Cc3ccc(F)cc3)C2=O)C1. The van der Waals surface area contributed by atoms with Crippen molar-refractivity contribution < 1.29 is 9.18 Å². The van der Waals surface area contributed by atoms with Crippen LogP contribution in [0.3, 0.4) is 0 Å². The Labute approximate surface area is 138 Å². The van der Waals surface area contributed by atoms with Crippen molar-refractivity contribution in [3.05, 3.63) is 35.6 Å². The van der Waals surface area contributed by atoms with Crippen LogP contribution in [0.4, 0.5) is 4.39 Å². The van der Waals surface area contributed by atoms with Gasteiger partial charge in [0.05, 0.1) is 5.41 Å². The first kappa shape index (κ1) is 16.4. The van der Waals surface area contributed by atoms with Crippen molar-refractivity contribution in [1.29, 1.82) is 0 Å². The van der Waals surface area contributed by atoms with Crippen LogP contribution < -0.4 is 0 Å².